The monoisotopic (exact) mass is 430 g/mol. The minimum absolute atomic E-state index is 0.103. The van der Waals surface area contributed by atoms with Gasteiger partial charge in [-0.05, 0) is 61.5 Å². The fourth-order valence-corrected chi connectivity index (χ4v) is 3.33. The zero-order valence-corrected chi connectivity index (χ0v) is 17.7. The summed E-state index contributed by atoms with van der Waals surface area (Å²) < 4.78 is 7.06. The molecule has 1 aliphatic heterocycles. The third-order valence-corrected chi connectivity index (χ3v) is 5.02. The number of hydrogen-bond donors (Lipinski definition) is 2. The van der Waals surface area contributed by atoms with Crippen molar-refractivity contribution in [2.24, 2.45) is 0 Å². The summed E-state index contributed by atoms with van der Waals surface area (Å²) in [7, 11) is 1.60. The van der Waals surface area contributed by atoms with Crippen molar-refractivity contribution in [1.29, 1.82) is 0 Å². The SMILES string of the molecule is COc1ccc(-n2cccc2/C=C2/NC(=O)N(CC(=O)Nc3ccc(C)cc3)C2=O)cc1. The molecule has 0 aliphatic carbocycles. The predicted octanol–water partition coefficient (Wildman–Crippen LogP) is 3.33. The number of amides is 4. The van der Waals surface area contributed by atoms with E-state index < -0.39 is 17.8 Å². The second-order valence-corrected chi connectivity index (χ2v) is 7.29. The normalized spacial score (nSPS) is 14.6. The number of carbonyl (C=O) groups excluding carboxylic acids is 3. The summed E-state index contributed by atoms with van der Waals surface area (Å²) in [6, 6.07) is 17.7. The highest BCUT2D eigenvalue weighted by Crippen LogP contribution is 2.20. The van der Waals surface area contributed by atoms with Crippen LogP contribution >= 0.6 is 0 Å². The highest BCUT2D eigenvalue weighted by atomic mass is 16.5. The molecule has 1 fully saturated rings. The van der Waals surface area contributed by atoms with Crippen LogP contribution in [0.15, 0.2) is 72.6 Å². The van der Waals surface area contributed by atoms with Crippen LogP contribution in [0.1, 0.15) is 11.3 Å². The number of methoxy groups -OCH3 is 1. The van der Waals surface area contributed by atoms with Gasteiger partial charge in [-0.2, -0.15) is 0 Å². The van der Waals surface area contributed by atoms with E-state index in [2.05, 4.69) is 10.6 Å². The summed E-state index contributed by atoms with van der Waals surface area (Å²) in [4.78, 5) is 38.3. The molecule has 2 aromatic carbocycles. The predicted molar refractivity (Wildman–Crippen MR) is 120 cm³/mol. The van der Waals surface area contributed by atoms with Gasteiger partial charge in [0.25, 0.3) is 5.91 Å². The van der Waals surface area contributed by atoms with Crippen molar-refractivity contribution < 1.29 is 19.1 Å². The molecular formula is C24H22N4O4. The lowest BCUT2D eigenvalue weighted by atomic mass is 10.2. The van der Waals surface area contributed by atoms with E-state index in [1.165, 1.54) is 0 Å². The van der Waals surface area contributed by atoms with Crippen LogP contribution in [0.2, 0.25) is 0 Å². The summed E-state index contributed by atoms with van der Waals surface area (Å²) in [5.41, 5.74) is 3.33. The lowest BCUT2D eigenvalue weighted by molar-refractivity contribution is -0.127. The molecule has 0 unspecified atom stereocenters. The Bertz CT molecular complexity index is 1190. The fourth-order valence-electron chi connectivity index (χ4n) is 3.33. The molecule has 4 rings (SSSR count). The highest BCUT2D eigenvalue weighted by Gasteiger charge is 2.35. The molecule has 1 aliphatic rings. The first-order chi connectivity index (χ1) is 15.4. The number of aryl methyl sites for hydroxylation is 1. The van der Waals surface area contributed by atoms with Crippen molar-refractivity contribution >= 4 is 29.6 Å². The number of hydrogen-bond acceptors (Lipinski definition) is 4. The van der Waals surface area contributed by atoms with Gasteiger partial charge >= 0.3 is 6.03 Å². The van der Waals surface area contributed by atoms with Crippen LogP contribution in [-0.4, -0.2) is 41.0 Å². The van der Waals surface area contributed by atoms with Crippen molar-refractivity contribution in [1.82, 2.24) is 14.8 Å². The Hall–Kier alpha value is -4.33. The van der Waals surface area contributed by atoms with Crippen molar-refractivity contribution in [3.8, 4) is 11.4 Å². The van der Waals surface area contributed by atoms with Gasteiger partial charge < -0.3 is 19.9 Å². The van der Waals surface area contributed by atoms with Crippen LogP contribution in [0.25, 0.3) is 11.8 Å². The van der Waals surface area contributed by atoms with E-state index in [-0.39, 0.29) is 12.2 Å². The van der Waals surface area contributed by atoms with Crippen LogP contribution in [0.4, 0.5) is 10.5 Å². The van der Waals surface area contributed by atoms with Gasteiger partial charge in [-0.3, -0.25) is 9.59 Å². The largest absolute Gasteiger partial charge is 0.497 e. The van der Waals surface area contributed by atoms with E-state index in [0.717, 1.165) is 21.9 Å². The molecular weight excluding hydrogens is 408 g/mol. The maximum Gasteiger partial charge on any atom is 0.329 e. The summed E-state index contributed by atoms with van der Waals surface area (Å²) in [5, 5.41) is 5.24. The van der Waals surface area contributed by atoms with Crippen LogP contribution in [-0.2, 0) is 9.59 Å². The number of imide groups is 1. The second-order valence-electron chi connectivity index (χ2n) is 7.29. The quantitative estimate of drug-likeness (QED) is 0.464. The molecule has 2 heterocycles. The molecule has 1 saturated heterocycles. The molecule has 0 saturated carbocycles. The van der Waals surface area contributed by atoms with E-state index in [1.807, 2.05) is 66.2 Å². The summed E-state index contributed by atoms with van der Waals surface area (Å²) in [6.45, 7) is 1.56. The third-order valence-electron chi connectivity index (χ3n) is 5.02. The van der Waals surface area contributed by atoms with Crippen LogP contribution in [0, 0.1) is 6.92 Å². The average molecular weight is 430 g/mol. The lowest BCUT2D eigenvalue weighted by Gasteiger charge is -2.12. The van der Waals surface area contributed by atoms with Crippen molar-refractivity contribution in [3.05, 3.63) is 83.8 Å². The van der Waals surface area contributed by atoms with Gasteiger partial charge in [0.15, 0.2) is 0 Å². The number of carbonyl (C=O) groups is 3. The molecule has 4 amide bonds. The summed E-state index contributed by atoms with van der Waals surface area (Å²) in [6.07, 6.45) is 3.44. The molecule has 162 valence electrons. The van der Waals surface area contributed by atoms with E-state index >= 15 is 0 Å². The highest BCUT2D eigenvalue weighted by molar-refractivity contribution is 6.15. The average Bonchev–Trinajstić information content (AvgIpc) is 3.35. The van der Waals surface area contributed by atoms with E-state index in [1.54, 1.807) is 25.3 Å². The van der Waals surface area contributed by atoms with Crippen molar-refractivity contribution in [3.63, 3.8) is 0 Å². The van der Waals surface area contributed by atoms with Crippen LogP contribution < -0.4 is 15.4 Å². The molecule has 0 bridgehead atoms. The first-order valence-electron chi connectivity index (χ1n) is 9.97. The zero-order chi connectivity index (χ0) is 22.7. The fraction of sp³-hybridized carbons (Fsp3) is 0.125. The van der Waals surface area contributed by atoms with Crippen LogP contribution in [0.3, 0.4) is 0 Å². The first kappa shape index (κ1) is 20.9. The Labute approximate surface area is 185 Å². The second kappa shape index (κ2) is 8.81. The Kier molecular flexibility index (Phi) is 5.76. The minimum atomic E-state index is -0.636. The Balaban J connectivity index is 1.48. The van der Waals surface area contributed by atoms with E-state index in [0.29, 0.717) is 11.4 Å². The number of benzene rings is 2. The molecule has 1 aromatic heterocycles. The number of aromatic nitrogens is 1. The number of rotatable bonds is 6. The smallest absolute Gasteiger partial charge is 0.329 e. The van der Waals surface area contributed by atoms with Gasteiger partial charge in [-0.25, -0.2) is 9.69 Å². The molecule has 2 N–H and O–H groups in total. The number of ether oxygens (including phenoxy) is 1. The van der Waals surface area contributed by atoms with Gasteiger partial charge in [-0.15, -0.1) is 0 Å². The Morgan fingerprint density at radius 1 is 1.06 bits per heavy atom. The number of nitrogens with one attached hydrogen (secondary N) is 2. The summed E-state index contributed by atoms with van der Waals surface area (Å²) >= 11 is 0. The van der Waals surface area contributed by atoms with Gasteiger partial charge in [0.05, 0.1) is 7.11 Å². The standard InChI is InChI=1S/C24H22N4O4/c1-16-5-7-17(8-6-16)25-22(29)15-28-23(30)21(26-24(28)31)14-19-4-3-13-27(19)18-9-11-20(32-2)12-10-18/h3-14H,15H2,1-2H3,(H,25,29)(H,26,31)/b21-14+. The lowest BCUT2D eigenvalue weighted by Crippen LogP contribution is -2.38. The van der Waals surface area contributed by atoms with Gasteiger partial charge in [0, 0.05) is 23.3 Å². The molecule has 3 aromatic rings. The molecule has 8 nitrogen and oxygen atoms in total. The summed E-state index contributed by atoms with van der Waals surface area (Å²) in [5.74, 6) is -0.282. The number of urea groups is 1. The van der Waals surface area contributed by atoms with E-state index in [9.17, 15) is 14.4 Å². The first-order valence-corrected chi connectivity index (χ1v) is 9.97. The number of anilines is 1. The molecule has 32 heavy (non-hydrogen) atoms. The molecule has 0 spiro atoms. The van der Waals surface area contributed by atoms with Gasteiger partial charge in [-0.1, -0.05) is 17.7 Å². The Morgan fingerprint density at radius 2 is 1.78 bits per heavy atom. The van der Waals surface area contributed by atoms with Gasteiger partial charge in [0.2, 0.25) is 5.91 Å². The van der Waals surface area contributed by atoms with Crippen LogP contribution in [0.5, 0.6) is 5.75 Å². The molecule has 0 atom stereocenters. The Morgan fingerprint density at radius 3 is 2.47 bits per heavy atom. The molecule has 0 radical (unpaired) electrons. The van der Waals surface area contributed by atoms with Crippen molar-refractivity contribution in [2.45, 2.75) is 6.92 Å². The maximum absolute atomic E-state index is 12.8. The zero-order valence-electron chi connectivity index (χ0n) is 17.7. The van der Waals surface area contributed by atoms with E-state index in [4.69, 9.17) is 4.74 Å². The molecule has 8 heteroatoms. The topological polar surface area (TPSA) is 92.7 Å². The maximum atomic E-state index is 12.8. The minimum Gasteiger partial charge on any atom is -0.497 e. The van der Waals surface area contributed by atoms with Gasteiger partial charge in [0.1, 0.15) is 18.0 Å². The van der Waals surface area contributed by atoms with Crippen molar-refractivity contribution in [2.75, 3.05) is 19.0 Å². The number of nitrogens with zero attached hydrogens (tertiary/aromatic N) is 2. The third kappa shape index (κ3) is 4.39.